The van der Waals surface area contributed by atoms with Gasteiger partial charge in [-0.1, -0.05) is 109 Å². The van der Waals surface area contributed by atoms with Crippen LogP contribution in [0.2, 0.25) is 0 Å². The predicted molar refractivity (Wildman–Crippen MR) is 380 cm³/mol. The summed E-state index contributed by atoms with van der Waals surface area (Å²) in [6, 6.07) is 18.7. The molecule has 25 nitrogen and oxygen atoms in total. The van der Waals surface area contributed by atoms with Gasteiger partial charge in [-0.25, -0.2) is 4.98 Å². The molecule has 2 heterocycles. The van der Waals surface area contributed by atoms with Crippen LogP contribution >= 0.6 is 0 Å². The second kappa shape index (κ2) is 43.0. The molecule has 25 heteroatoms. The van der Waals surface area contributed by atoms with Gasteiger partial charge in [0.1, 0.15) is 19.0 Å². The van der Waals surface area contributed by atoms with Crippen molar-refractivity contribution in [3.8, 4) is 0 Å². The summed E-state index contributed by atoms with van der Waals surface area (Å²) < 4.78 is 5.50. The number of nitrogens with two attached hydrogens (primary N) is 2. The molecule has 5 aromatic rings. The largest absolute Gasteiger partial charge is 0.362 e. The highest BCUT2D eigenvalue weighted by atomic mass is 16.5. The number of hydrogen-bond acceptors (Lipinski definition) is 17. The molecule has 0 radical (unpaired) electrons. The maximum Gasteiger partial charge on any atom is 0.250 e. The molecule has 0 fully saturated rings. The molecule has 0 saturated carbocycles. The Balaban J connectivity index is 1.23. The minimum Gasteiger partial charge on any atom is -0.362 e. The van der Waals surface area contributed by atoms with E-state index in [1.54, 1.807) is 80.8 Å². The van der Waals surface area contributed by atoms with Gasteiger partial charge in [-0.15, -0.1) is 0 Å². The second-order valence-electron chi connectivity index (χ2n) is 27.1. The average molecular weight is 1370 g/mol. The molecule has 0 aliphatic heterocycles. The van der Waals surface area contributed by atoms with Gasteiger partial charge in [0.05, 0.1) is 36.4 Å². The number of imidazole rings is 1. The molecule has 0 unspecified atom stereocenters. The van der Waals surface area contributed by atoms with Crippen molar-refractivity contribution in [1.29, 1.82) is 0 Å². The summed E-state index contributed by atoms with van der Waals surface area (Å²) in [5.41, 5.74) is 15.2. The highest BCUT2D eigenvalue weighted by Gasteiger charge is 2.35. The van der Waals surface area contributed by atoms with Gasteiger partial charge in [0, 0.05) is 144 Å². The number of aromatic amines is 2. The van der Waals surface area contributed by atoms with Gasteiger partial charge in [-0.05, 0) is 91.2 Å². The minimum atomic E-state index is -1.25. The lowest BCUT2D eigenvalue weighted by Gasteiger charge is -2.26. The number of Topliss-reactive ketones (excluding diaryl/α,β-unsaturated/α-hetero) is 5. The molecule has 14 N–H and O–H groups in total. The van der Waals surface area contributed by atoms with Crippen molar-refractivity contribution < 1.29 is 57.5 Å². The monoisotopic (exact) mass is 1370 g/mol. The number of rotatable bonds is 49. The number of anilines is 1. The molecule has 0 spiro atoms. The Bertz CT molecular complexity index is 3370. The summed E-state index contributed by atoms with van der Waals surface area (Å²) >= 11 is 0. The van der Waals surface area contributed by atoms with Crippen molar-refractivity contribution in [2.75, 3.05) is 57.8 Å². The van der Waals surface area contributed by atoms with Crippen LogP contribution in [0, 0.1) is 41.4 Å². The first kappa shape index (κ1) is 81.1. The number of H-pyrrole nitrogens is 2. The third kappa shape index (κ3) is 29.8. The topological polar surface area (TPSA) is 390 Å². The predicted octanol–water partition coefficient (Wildman–Crippen LogP) is 5.06. The van der Waals surface area contributed by atoms with Gasteiger partial charge >= 0.3 is 0 Å². The third-order valence-corrected chi connectivity index (χ3v) is 17.1. The van der Waals surface area contributed by atoms with Gasteiger partial charge in [-0.3, -0.25) is 47.9 Å². The molecule has 3 aromatic carbocycles. The molecule has 6 atom stereocenters. The number of benzene rings is 3. The smallest absolute Gasteiger partial charge is 0.250 e. The fourth-order valence-corrected chi connectivity index (χ4v) is 12.0. The normalized spacial score (nSPS) is 13.4. The Kier molecular flexibility index (Phi) is 35.2. The molecule has 0 aliphatic carbocycles. The SMILES string of the molecule is CC(=O)CC[C@H](CC(=O)[C@@H](Cc1ccccc1)NC(=O)COCC(=O)Nc1ccc(CNC(=O)C(CNCCN)CNCCN)cc1)C(=O)N[C@@H](Cc1c[nH]c2ccccc12)C(=O)C[C@@H](C)C(=O)N[C@H](C(=O)CCC(=O)N[C@@H](Cc1cnc[nH]1)C(=O)CC(CC(C)C)CC(C)C)C(C)C. The lowest BCUT2D eigenvalue weighted by atomic mass is 9.84. The van der Waals surface area contributed by atoms with E-state index in [1.165, 1.54) is 20.2 Å². The Labute approximate surface area is 582 Å². The lowest BCUT2D eigenvalue weighted by Crippen LogP contribution is -2.49. The zero-order valence-corrected chi connectivity index (χ0v) is 58.9. The summed E-state index contributed by atoms with van der Waals surface area (Å²) in [7, 11) is 0. The molecule has 0 saturated heterocycles. The van der Waals surface area contributed by atoms with E-state index in [1.807, 2.05) is 24.3 Å². The maximum atomic E-state index is 14.7. The first-order valence-corrected chi connectivity index (χ1v) is 34.7. The van der Waals surface area contributed by atoms with E-state index in [-0.39, 0.29) is 93.6 Å². The standard InChI is InChI=1S/C74H107N13O12/c1-46(2)30-53(31-47(3)4)34-66(91)63(37-58-42-79-45-82-58)84-68(93)25-24-64(89)71(48(5)6)87-72(96)49(7)32-65(90)62(35-55-41-80-60-17-13-12-16-59(55)60)86-74(98)54(21-18-50(8)88)36-67(92)61(33-51-14-10-9-11-15-51)85-70(95)44-99-43-69(94)83-57-22-19-52(20-23-57)38-81-73(97)56(39-77-28-26-75)40-78-29-27-76/h9-17,19-20,22-23,41-42,45-49,53-54,56,61-63,71,77-78,80H,18,21,24-40,43-44,75-76H2,1-8H3,(H,79,82)(H,81,97)(H,83,94)(H,84,93)(H,85,95)(H,86,98)(H,87,96)/t49-,54-,61-,62+,63+,71+/m1/s1. The number of nitrogens with zero attached hydrogens (tertiary/aromatic N) is 1. The van der Waals surface area contributed by atoms with Gasteiger partial charge in [0.2, 0.25) is 35.4 Å². The number of hydrogen-bond donors (Lipinski definition) is 12. The van der Waals surface area contributed by atoms with Gasteiger partial charge in [-0.2, -0.15) is 0 Å². The van der Waals surface area contributed by atoms with Crippen molar-refractivity contribution >= 4 is 80.9 Å². The van der Waals surface area contributed by atoms with Crippen LogP contribution in [0.5, 0.6) is 0 Å². The zero-order valence-electron chi connectivity index (χ0n) is 58.9. The Morgan fingerprint density at radius 3 is 1.79 bits per heavy atom. The van der Waals surface area contributed by atoms with E-state index in [0.717, 1.165) is 29.3 Å². The fourth-order valence-electron chi connectivity index (χ4n) is 12.0. The molecular formula is C74H107N13O12. The Hall–Kier alpha value is -8.62. The van der Waals surface area contributed by atoms with Gasteiger partial charge < -0.3 is 73.5 Å². The Morgan fingerprint density at radius 1 is 0.556 bits per heavy atom. The number of carbonyl (C=O) groups is 11. The average Bonchev–Trinajstić information content (AvgIpc) is 1.78. The van der Waals surface area contributed by atoms with Crippen LogP contribution in [0.25, 0.3) is 10.9 Å². The second-order valence-corrected chi connectivity index (χ2v) is 27.1. The first-order valence-electron chi connectivity index (χ1n) is 34.7. The summed E-state index contributed by atoms with van der Waals surface area (Å²) in [6.07, 6.45) is 5.52. The molecular weight excluding hydrogens is 1260 g/mol. The van der Waals surface area contributed by atoms with E-state index in [2.05, 4.69) is 85.2 Å². The fraction of sp³-hybridized carbons (Fsp3) is 0.541. The van der Waals surface area contributed by atoms with Crippen molar-refractivity contribution in [2.45, 2.75) is 163 Å². The maximum absolute atomic E-state index is 14.7. The number of amides is 6. The zero-order chi connectivity index (χ0) is 72.4. The van der Waals surface area contributed by atoms with E-state index >= 15 is 0 Å². The summed E-state index contributed by atoms with van der Waals surface area (Å²) in [5.74, 6) is -7.20. The number of para-hydroxylation sites is 1. The molecule has 2 aromatic heterocycles. The molecule has 5 rings (SSSR count). The first-order chi connectivity index (χ1) is 47.3. The highest BCUT2D eigenvalue weighted by molar-refractivity contribution is 5.98. The molecule has 6 amide bonds. The van der Waals surface area contributed by atoms with E-state index in [4.69, 9.17) is 16.2 Å². The van der Waals surface area contributed by atoms with Crippen LogP contribution < -0.4 is 54.0 Å². The van der Waals surface area contributed by atoms with Crippen LogP contribution in [0.3, 0.4) is 0 Å². The quantitative estimate of drug-likeness (QED) is 0.0227. The van der Waals surface area contributed by atoms with E-state index in [9.17, 15) is 52.7 Å². The molecule has 0 aliphatic rings. The number of ether oxygens (including phenoxy) is 1. The van der Waals surface area contributed by atoms with Crippen LogP contribution in [-0.4, -0.2) is 156 Å². The number of carbonyl (C=O) groups excluding carboxylic acids is 11. The molecule has 540 valence electrons. The van der Waals surface area contributed by atoms with Crippen molar-refractivity contribution in [3.63, 3.8) is 0 Å². The van der Waals surface area contributed by atoms with Crippen molar-refractivity contribution in [1.82, 2.24) is 52.2 Å². The van der Waals surface area contributed by atoms with E-state index < -0.39 is 108 Å². The summed E-state index contributed by atoms with van der Waals surface area (Å²) in [6.45, 7) is 16.9. The molecule has 0 bridgehead atoms. The van der Waals surface area contributed by atoms with E-state index in [0.29, 0.717) is 73.6 Å². The number of aromatic nitrogens is 3. The van der Waals surface area contributed by atoms with Crippen LogP contribution in [0.4, 0.5) is 5.69 Å². The molecule has 99 heavy (non-hydrogen) atoms. The Morgan fingerprint density at radius 2 is 1.16 bits per heavy atom. The number of nitrogens with one attached hydrogen (secondary N) is 10. The number of fused-ring (bicyclic) bond motifs is 1. The van der Waals surface area contributed by atoms with Gasteiger partial charge in [0.15, 0.2) is 23.1 Å². The summed E-state index contributed by atoms with van der Waals surface area (Å²) in [5, 5.41) is 24.1. The minimum absolute atomic E-state index is 0.0131. The summed E-state index contributed by atoms with van der Waals surface area (Å²) in [4.78, 5) is 162. The highest BCUT2D eigenvalue weighted by Crippen LogP contribution is 2.26. The lowest BCUT2D eigenvalue weighted by molar-refractivity contribution is -0.136. The third-order valence-electron chi connectivity index (χ3n) is 17.1. The number of ketones is 5. The van der Waals surface area contributed by atoms with Crippen LogP contribution in [0.1, 0.15) is 136 Å². The van der Waals surface area contributed by atoms with Crippen LogP contribution in [0.15, 0.2) is 97.6 Å². The van der Waals surface area contributed by atoms with Gasteiger partial charge in [0.25, 0.3) is 0 Å². The van der Waals surface area contributed by atoms with Crippen molar-refractivity contribution in [2.24, 2.45) is 52.9 Å². The van der Waals surface area contributed by atoms with Crippen LogP contribution in [-0.2, 0) is 83.3 Å². The van der Waals surface area contributed by atoms with Crippen molar-refractivity contribution in [3.05, 3.63) is 120 Å².